The van der Waals surface area contributed by atoms with Crippen LogP contribution in [0.4, 0.5) is 0 Å². The molecular weight excluding hydrogens is 284 g/mol. The molecule has 4 nitrogen and oxygen atoms in total. The van der Waals surface area contributed by atoms with Gasteiger partial charge in [0, 0.05) is 18.8 Å². The molecule has 120 valence electrons. The van der Waals surface area contributed by atoms with Crippen molar-refractivity contribution in [2.24, 2.45) is 17.8 Å². The van der Waals surface area contributed by atoms with Gasteiger partial charge in [-0.15, -0.1) is 0 Å². The van der Waals surface area contributed by atoms with Gasteiger partial charge < -0.3 is 10.2 Å². The highest BCUT2D eigenvalue weighted by Crippen LogP contribution is 2.43. The fraction of sp³-hybridized carbons (Fsp3) is 0.875. The number of rotatable bonds is 6. The molecule has 0 aromatic carbocycles. The maximum Gasteiger partial charge on any atom is 0.148 e. The van der Waals surface area contributed by atoms with Crippen LogP contribution in [0.3, 0.4) is 0 Å². The summed E-state index contributed by atoms with van der Waals surface area (Å²) in [5.41, 5.74) is 0. The maximum absolute atomic E-state index is 11.2. The molecule has 2 fully saturated rings. The first-order chi connectivity index (χ1) is 9.99. The van der Waals surface area contributed by atoms with Crippen LogP contribution in [0.15, 0.2) is 12.2 Å². The monoisotopic (exact) mass is 312 g/mol. The maximum atomic E-state index is 11.2. The van der Waals surface area contributed by atoms with Crippen LogP contribution in [0, 0.1) is 17.8 Å². The van der Waals surface area contributed by atoms with E-state index in [9.17, 15) is 8.42 Å². The number of fused-ring (bicyclic) bond motifs is 2. The molecule has 3 rings (SSSR count). The molecule has 3 unspecified atom stereocenters. The van der Waals surface area contributed by atoms with Crippen LogP contribution in [0.25, 0.3) is 0 Å². The van der Waals surface area contributed by atoms with E-state index in [1.54, 1.807) is 0 Å². The van der Waals surface area contributed by atoms with Crippen molar-refractivity contribution in [1.82, 2.24) is 10.2 Å². The Morgan fingerprint density at radius 1 is 1.19 bits per heavy atom. The number of likely N-dealkylation sites (tertiary alicyclic amines) is 1. The van der Waals surface area contributed by atoms with Crippen molar-refractivity contribution in [2.75, 3.05) is 38.2 Å². The lowest BCUT2D eigenvalue weighted by Crippen LogP contribution is -2.45. The Labute approximate surface area is 128 Å². The topological polar surface area (TPSA) is 49.4 Å². The molecule has 1 saturated carbocycles. The number of hydrogen-bond acceptors (Lipinski definition) is 4. The Morgan fingerprint density at radius 3 is 2.52 bits per heavy atom. The van der Waals surface area contributed by atoms with Gasteiger partial charge in [0.05, 0.1) is 5.75 Å². The van der Waals surface area contributed by atoms with E-state index < -0.39 is 9.84 Å². The predicted octanol–water partition coefficient (Wildman–Crippen LogP) is 1.30. The summed E-state index contributed by atoms with van der Waals surface area (Å²) in [6, 6.07) is 0.627. The van der Waals surface area contributed by atoms with Crippen LogP contribution in [-0.4, -0.2) is 57.5 Å². The van der Waals surface area contributed by atoms with E-state index in [0.29, 0.717) is 18.3 Å². The Balaban J connectivity index is 1.33. The second kappa shape index (κ2) is 6.39. The summed E-state index contributed by atoms with van der Waals surface area (Å²) in [5.74, 6) is 2.84. The van der Waals surface area contributed by atoms with E-state index >= 15 is 0 Å². The Bertz CT molecular complexity index is 481. The number of piperidine rings is 1. The summed E-state index contributed by atoms with van der Waals surface area (Å²) in [4.78, 5) is 2.29. The van der Waals surface area contributed by atoms with E-state index in [-0.39, 0.29) is 0 Å². The number of hydrogen-bond donors (Lipinski definition) is 1. The molecule has 0 spiro atoms. The van der Waals surface area contributed by atoms with Gasteiger partial charge in [-0.1, -0.05) is 12.2 Å². The van der Waals surface area contributed by atoms with Crippen LogP contribution in [0.2, 0.25) is 0 Å². The minimum Gasteiger partial charge on any atom is -0.314 e. The number of sulfone groups is 1. The van der Waals surface area contributed by atoms with Crippen LogP contribution in [-0.2, 0) is 9.84 Å². The molecule has 1 aliphatic heterocycles. The van der Waals surface area contributed by atoms with E-state index in [1.165, 1.54) is 25.6 Å². The molecule has 1 saturated heterocycles. The van der Waals surface area contributed by atoms with Crippen LogP contribution >= 0.6 is 0 Å². The molecule has 0 amide bonds. The average molecular weight is 312 g/mol. The van der Waals surface area contributed by atoms with Crippen LogP contribution in [0.5, 0.6) is 0 Å². The normalized spacial score (nSPS) is 33.9. The van der Waals surface area contributed by atoms with Gasteiger partial charge in [-0.25, -0.2) is 8.42 Å². The molecule has 3 atom stereocenters. The summed E-state index contributed by atoms with van der Waals surface area (Å²) in [6.45, 7) is 3.93. The zero-order valence-electron chi connectivity index (χ0n) is 13.0. The van der Waals surface area contributed by atoms with Crippen LogP contribution < -0.4 is 5.32 Å². The van der Waals surface area contributed by atoms with Gasteiger partial charge in [0.2, 0.25) is 0 Å². The molecular formula is C16H28N2O2S. The third-order valence-electron chi connectivity index (χ3n) is 5.45. The van der Waals surface area contributed by atoms with Gasteiger partial charge in [-0.2, -0.15) is 0 Å². The Kier molecular flexibility index (Phi) is 4.71. The van der Waals surface area contributed by atoms with Crippen molar-refractivity contribution in [3.8, 4) is 0 Å². The van der Waals surface area contributed by atoms with Crippen molar-refractivity contribution < 1.29 is 8.42 Å². The highest BCUT2D eigenvalue weighted by molar-refractivity contribution is 7.90. The van der Waals surface area contributed by atoms with Crippen molar-refractivity contribution in [1.29, 1.82) is 0 Å². The zero-order chi connectivity index (χ0) is 14.9. The lowest BCUT2D eigenvalue weighted by Gasteiger charge is -2.33. The molecule has 0 aromatic rings. The van der Waals surface area contributed by atoms with Crippen molar-refractivity contribution in [3.05, 3.63) is 12.2 Å². The summed E-state index contributed by atoms with van der Waals surface area (Å²) in [6.07, 6.45) is 11.2. The molecule has 21 heavy (non-hydrogen) atoms. The Morgan fingerprint density at radius 2 is 1.95 bits per heavy atom. The Hall–Kier alpha value is -0.390. The smallest absolute Gasteiger partial charge is 0.148 e. The van der Waals surface area contributed by atoms with Gasteiger partial charge in [-0.05, 0) is 63.1 Å². The average Bonchev–Trinajstić information content (AvgIpc) is 3.05. The first-order valence-electron chi connectivity index (χ1n) is 8.31. The highest BCUT2D eigenvalue weighted by Gasteiger charge is 2.35. The van der Waals surface area contributed by atoms with Gasteiger partial charge in [0.15, 0.2) is 0 Å². The second-order valence-electron chi connectivity index (χ2n) is 7.19. The summed E-state index contributed by atoms with van der Waals surface area (Å²) in [5, 5.41) is 3.76. The fourth-order valence-corrected chi connectivity index (χ4v) is 4.69. The van der Waals surface area contributed by atoms with Crippen molar-refractivity contribution >= 4 is 9.84 Å². The van der Waals surface area contributed by atoms with Gasteiger partial charge in [0.1, 0.15) is 9.84 Å². The molecule has 5 heteroatoms. The molecule has 2 aliphatic carbocycles. The number of nitrogens with zero attached hydrogens (tertiary/aromatic N) is 1. The third kappa shape index (κ3) is 4.30. The minimum absolute atomic E-state index is 0.294. The SMILES string of the molecule is CS(=O)(=O)CCN1CCC(NCC2CC3C=CC2C3)CC1. The largest absolute Gasteiger partial charge is 0.314 e. The van der Waals surface area contributed by atoms with E-state index in [2.05, 4.69) is 22.4 Å². The number of allylic oxidation sites excluding steroid dienone is 2. The van der Waals surface area contributed by atoms with E-state index in [1.807, 2.05) is 0 Å². The summed E-state index contributed by atoms with van der Waals surface area (Å²) in [7, 11) is -2.83. The lowest BCUT2D eigenvalue weighted by atomic mass is 9.93. The molecule has 2 bridgehead atoms. The fourth-order valence-electron chi connectivity index (χ4n) is 4.10. The first kappa shape index (κ1) is 15.5. The molecule has 0 radical (unpaired) electrons. The molecule has 1 N–H and O–H groups in total. The molecule has 0 aromatic heterocycles. The van der Waals surface area contributed by atoms with Gasteiger partial charge in [0.25, 0.3) is 0 Å². The van der Waals surface area contributed by atoms with E-state index in [0.717, 1.165) is 43.7 Å². The van der Waals surface area contributed by atoms with E-state index in [4.69, 9.17) is 0 Å². The van der Waals surface area contributed by atoms with Crippen LogP contribution in [0.1, 0.15) is 25.7 Å². The first-order valence-corrected chi connectivity index (χ1v) is 10.4. The summed E-state index contributed by atoms with van der Waals surface area (Å²) < 4.78 is 22.4. The zero-order valence-corrected chi connectivity index (χ0v) is 13.8. The second-order valence-corrected chi connectivity index (χ2v) is 9.45. The number of nitrogens with one attached hydrogen (secondary N) is 1. The lowest BCUT2D eigenvalue weighted by molar-refractivity contribution is 0.202. The van der Waals surface area contributed by atoms with Crippen molar-refractivity contribution in [3.63, 3.8) is 0 Å². The molecule has 3 aliphatic rings. The third-order valence-corrected chi connectivity index (χ3v) is 6.38. The van der Waals surface area contributed by atoms with Gasteiger partial charge in [-0.3, -0.25) is 0 Å². The predicted molar refractivity (Wildman–Crippen MR) is 86.0 cm³/mol. The summed E-state index contributed by atoms with van der Waals surface area (Å²) >= 11 is 0. The van der Waals surface area contributed by atoms with Crippen molar-refractivity contribution in [2.45, 2.75) is 31.7 Å². The molecule has 1 heterocycles. The quantitative estimate of drug-likeness (QED) is 0.751. The standard InChI is InChI=1S/C16H28N2O2S/c1-21(19,20)9-8-18-6-4-16(5-7-18)17-12-15-11-13-2-3-14(15)10-13/h2-3,13-17H,4-12H2,1H3. The minimum atomic E-state index is -2.83. The van der Waals surface area contributed by atoms with Gasteiger partial charge >= 0.3 is 0 Å². The highest BCUT2D eigenvalue weighted by atomic mass is 32.2.